The minimum absolute atomic E-state index is 0.0884. The minimum Gasteiger partial charge on any atom is -0.459 e. The topological polar surface area (TPSA) is 93.7 Å². The Labute approximate surface area is 218 Å². The minimum atomic E-state index is -0.921. The van der Waals surface area contributed by atoms with Crippen molar-refractivity contribution in [3.05, 3.63) is 108 Å². The second-order valence-corrected chi connectivity index (χ2v) is 9.23. The molecule has 0 spiro atoms. The Morgan fingerprint density at radius 2 is 1.14 bits per heavy atom. The van der Waals surface area contributed by atoms with Crippen molar-refractivity contribution in [2.24, 2.45) is 5.92 Å². The Balaban J connectivity index is 1.66. The van der Waals surface area contributed by atoms with Crippen LogP contribution in [0.4, 0.5) is 4.79 Å². The van der Waals surface area contributed by atoms with Crippen molar-refractivity contribution in [1.82, 2.24) is 10.6 Å². The average molecular weight is 503 g/mol. The summed E-state index contributed by atoms with van der Waals surface area (Å²) in [4.78, 5) is 38.8. The molecule has 2 N–H and O–H groups in total. The van der Waals surface area contributed by atoms with Crippen molar-refractivity contribution in [2.75, 3.05) is 0 Å². The van der Waals surface area contributed by atoms with Gasteiger partial charge in [-0.05, 0) is 29.0 Å². The number of amides is 2. The first-order chi connectivity index (χ1) is 17.9. The van der Waals surface area contributed by atoms with Crippen molar-refractivity contribution in [3.63, 3.8) is 0 Å². The largest absolute Gasteiger partial charge is 0.459 e. The van der Waals surface area contributed by atoms with Crippen LogP contribution in [0, 0.1) is 5.92 Å². The van der Waals surface area contributed by atoms with Gasteiger partial charge in [0.15, 0.2) is 0 Å². The van der Waals surface area contributed by atoms with E-state index in [9.17, 15) is 14.4 Å². The third-order valence-electron chi connectivity index (χ3n) is 5.64. The average Bonchev–Trinajstić information content (AvgIpc) is 2.91. The molecule has 0 fully saturated rings. The molecule has 0 bridgehead atoms. The molecule has 0 saturated heterocycles. The molecule has 194 valence electrons. The molecular weight excluding hydrogens is 468 g/mol. The number of nitrogens with one attached hydrogen (secondary N) is 2. The van der Waals surface area contributed by atoms with Crippen LogP contribution in [0.1, 0.15) is 37.0 Å². The van der Waals surface area contributed by atoms with E-state index in [2.05, 4.69) is 10.6 Å². The lowest BCUT2D eigenvalue weighted by Gasteiger charge is -2.24. The molecule has 0 aliphatic carbocycles. The van der Waals surface area contributed by atoms with Crippen LogP contribution >= 0.6 is 0 Å². The van der Waals surface area contributed by atoms with E-state index < -0.39 is 30.1 Å². The Kier molecular flexibility index (Phi) is 10.7. The van der Waals surface area contributed by atoms with Crippen molar-refractivity contribution >= 4 is 18.0 Å². The van der Waals surface area contributed by atoms with Crippen LogP contribution in [0.15, 0.2) is 91.0 Å². The van der Waals surface area contributed by atoms with Gasteiger partial charge < -0.3 is 20.1 Å². The highest BCUT2D eigenvalue weighted by Gasteiger charge is 2.29. The Hall–Kier alpha value is -4.13. The van der Waals surface area contributed by atoms with Gasteiger partial charge in [0.05, 0.1) is 0 Å². The summed E-state index contributed by atoms with van der Waals surface area (Å²) in [6.07, 6.45) is -0.0629. The lowest BCUT2D eigenvalue weighted by molar-refractivity contribution is -0.149. The van der Waals surface area contributed by atoms with E-state index in [0.29, 0.717) is 6.42 Å². The molecule has 3 rings (SSSR count). The van der Waals surface area contributed by atoms with E-state index in [1.165, 1.54) is 0 Å². The first kappa shape index (κ1) is 27.5. The van der Waals surface area contributed by atoms with Crippen molar-refractivity contribution in [1.29, 1.82) is 0 Å². The van der Waals surface area contributed by atoms with E-state index >= 15 is 0 Å². The lowest BCUT2D eigenvalue weighted by atomic mass is 10.0. The van der Waals surface area contributed by atoms with Gasteiger partial charge in [-0.15, -0.1) is 0 Å². The molecule has 3 aromatic carbocycles. The van der Waals surface area contributed by atoms with Crippen LogP contribution in [-0.2, 0) is 38.7 Å². The zero-order chi connectivity index (χ0) is 26.5. The van der Waals surface area contributed by atoms with E-state index in [-0.39, 0.29) is 25.6 Å². The number of esters is 1. The standard InChI is InChI=1S/C30H34N2O5/c1-22(2)18-26(32-30(35)37-21-25-16-10-5-11-17-25)28(33)31-27(19-23-12-6-3-7-13-23)29(34)36-20-24-14-8-4-9-15-24/h3-17,22,26-27H,18-21H2,1-2H3,(H,31,33)(H,32,35)/t26-,27-/m1/s1. The molecule has 0 heterocycles. The summed E-state index contributed by atoms with van der Waals surface area (Å²) in [5.41, 5.74) is 2.56. The van der Waals surface area contributed by atoms with Crippen LogP contribution in [0.2, 0.25) is 0 Å². The zero-order valence-corrected chi connectivity index (χ0v) is 21.3. The van der Waals surface area contributed by atoms with Gasteiger partial charge in [-0.1, -0.05) is 105 Å². The Bertz CT molecular complexity index is 1120. The number of carbonyl (C=O) groups is 3. The van der Waals surface area contributed by atoms with Crippen molar-refractivity contribution in [2.45, 2.75) is 52.0 Å². The lowest BCUT2D eigenvalue weighted by Crippen LogP contribution is -2.53. The van der Waals surface area contributed by atoms with Gasteiger partial charge >= 0.3 is 12.1 Å². The van der Waals surface area contributed by atoms with Gasteiger partial charge in [0.25, 0.3) is 0 Å². The molecule has 3 aromatic rings. The summed E-state index contributed by atoms with van der Waals surface area (Å²) in [6.45, 7) is 4.09. The van der Waals surface area contributed by atoms with Gasteiger partial charge in [-0.2, -0.15) is 0 Å². The van der Waals surface area contributed by atoms with Gasteiger partial charge in [0.2, 0.25) is 5.91 Å². The fraction of sp³-hybridized carbons (Fsp3) is 0.300. The summed E-state index contributed by atoms with van der Waals surface area (Å²) in [5.74, 6) is -0.901. The van der Waals surface area contributed by atoms with E-state index in [1.807, 2.05) is 105 Å². The SMILES string of the molecule is CC(C)C[C@@H](NC(=O)OCc1ccccc1)C(=O)N[C@H](Cc1ccccc1)C(=O)OCc1ccccc1. The fourth-order valence-corrected chi connectivity index (χ4v) is 3.75. The van der Waals surface area contributed by atoms with Gasteiger partial charge in [-0.3, -0.25) is 4.79 Å². The van der Waals surface area contributed by atoms with Gasteiger partial charge in [0, 0.05) is 6.42 Å². The van der Waals surface area contributed by atoms with Crippen LogP contribution in [0.25, 0.3) is 0 Å². The molecule has 0 aliphatic heterocycles. The maximum Gasteiger partial charge on any atom is 0.408 e. The fourth-order valence-electron chi connectivity index (χ4n) is 3.75. The highest BCUT2D eigenvalue weighted by Crippen LogP contribution is 2.11. The smallest absolute Gasteiger partial charge is 0.408 e. The molecule has 7 heteroatoms. The van der Waals surface area contributed by atoms with E-state index in [1.54, 1.807) is 0 Å². The normalized spacial score (nSPS) is 12.3. The third-order valence-corrected chi connectivity index (χ3v) is 5.64. The predicted octanol–water partition coefficient (Wildman–Crippen LogP) is 4.80. The number of alkyl carbamates (subject to hydrolysis) is 1. The van der Waals surface area contributed by atoms with E-state index in [4.69, 9.17) is 9.47 Å². The highest BCUT2D eigenvalue weighted by atomic mass is 16.5. The molecule has 37 heavy (non-hydrogen) atoms. The molecule has 7 nitrogen and oxygen atoms in total. The first-order valence-electron chi connectivity index (χ1n) is 12.4. The van der Waals surface area contributed by atoms with E-state index in [0.717, 1.165) is 16.7 Å². The maximum atomic E-state index is 13.3. The van der Waals surface area contributed by atoms with Crippen molar-refractivity contribution < 1.29 is 23.9 Å². The molecule has 2 amide bonds. The maximum absolute atomic E-state index is 13.3. The number of hydrogen-bond acceptors (Lipinski definition) is 5. The summed E-state index contributed by atoms with van der Waals surface area (Å²) >= 11 is 0. The molecular formula is C30H34N2O5. The Morgan fingerprint density at radius 1 is 0.649 bits per heavy atom. The zero-order valence-electron chi connectivity index (χ0n) is 21.3. The molecule has 0 aliphatic rings. The molecule has 2 atom stereocenters. The third kappa shape index (κ3) is 9.80. The van der Waals surface area contributed by atoms with Crippen LogP contribution < -0.4 is 10.6 Å². The number of carbonyl (C=O) groups excluding carboxylic acids is 3. The van der Waals surface area contributed by atoms with Gasteiger partial charge in [-0.25, -0.2) is 9.59 Å². The number of ether oxygens (including phenoxy) is 2. The molecule has 0 radical (unpaired) electrons. The monoisotopic (exact) mass is 502 g/mol. The van der Waals surface area contributed by atoms with Crippen LogP contribution in [0.3, 0.4) is 0 Å². The van der Waals surface area contributed by atoms with Crippen LogP contribution in [0.5, 0.6) is 0 Å². The quantitative estimate of drug-likeness (QED) is 0.347. The summed E-state index contributed by atoms with van der Waals surface area (Å²) in [7, 11) is 0. The van der Waals surface area contributed by atoms with Gasteiger partial charge in [0.1, 0.15) is 25.3 Å². The highest BCUT2D eigenvalue weighted by molar-refractivity contribution is 5.89. The number of benzene rings is 3. The molecule has 0 unspecified atom stereocenters. The first-order valence-corrected chi connectivity index (χ1v) is 12.4. The summed E-state index contributed by atoms with van der Waals surface area (Å²) < 4.78 is 10.8. The summed E-state index contributed by atoms with van der Waals surface area (Å²) in [6, 6.07) is 26.2. The molecule has 0 saturated carbocycles. The second-order valence-electron chi connectivity index (χ2n) is 9.23. The second kappa shape index (κ2) is 14.4. The molecule has 0 aromatic heterocycles. The van der Waals surface area contributed by atoms with Crippen LogP contribution in [-0.4, -0.2) is 30.1 Å². The number of hydrogen-bond donors (Lipinski definition) is 2. The van der Waals surface area contributed by atoms with Crippen molar-refractivity contribution in [3.8, 4) is 0 Å². The summed E-state index contributed by atoms with van der Waals surface area (Å²) in [5, 5.41) is 5.46. The predicted molar refractivity (Wildman–Crippen MR) is 141 cm³/mol. The Morgan fingerprint density at radius 3 is 1.65 bits per heavy atom. The number of rotatable bonds is 12.